The van der Waals surface area contributed by atoms with Gasteiger partial charge < -0.3 is 10.0 Å². The van der Waals surface area contributed by atoms with Gasteiger partial charge in [-0.2, -0.15) is 0 Å². The number of hydrogen-bond donors (Lipinski definition) is 2. The van der Waals surface area contributed by atoms with E-state index in [1.54, 1.807) is 6.08 Å². The highest BCUT2D eigenvalue weighted by molar-refractivity contribution is 6.51. The maximum Gasteiger partial charge on any atom is 0.488 e. The molecule has 76 valence electrons. The summed E-state index contributed by atoms with van der Waals surface area (Å²) in [5.74, 6) is 0.257. The third kappa shape index (κ3) is 2.38. The van der Waals surface area contributed by atoms with Crippen molar-refractivity contribution >= 4 is 7.12 Å². The van der Waals surface area contributed by atoms with Gasteiger partial charge in [-0.05, 0) is 17.5 Å². The highest BCUT2D eigenvalue weighted by Gasteiger charge is 2.18. The fraction of sp³-hybridized carbons (Fsp3) is 0.167. The van der Waals surface area contributed by atoms with Crippen molar-refractivity contribution in [1.82, 2.24) is 0 Å². The molecule has 2 N–H and O–H groups in total. The molecule has 1 aliphatic carbocycles. The van der Waals surface area contributed by atoms with Crippen LogP contribution in [-0.4, -0.2) is 17.2 Å². The van der Waals surface area contributed by atoms with E-state index < -0.39 is 7.12 Å². The predicted molar refractivity (Wildman–Crippen MR) is 61.2 cm³/mol. The summed E-state index contributed by atoms with van der Waals surface area (Å²) in [7, 11) is -1.37. The van der Waals surface area contributed by atoms with Crippen molar-refractivity contribution < 1.29 is 10.0 Å². The number of hydrogen-bond acceptors (Lipinski definition) is 2. The highest BCUT2D eigenvalue weighted by Crippen LogP contribution is 2.27. The molecule has 3 heteroatoms. The molecule has 1 aromatic carbocycles. The van der Waals surface area contributed by atoms with Crippen molar-refractivity contribution in [3.8, 4) is 0 Å². The van der Waals surface area contributed by atoms with Crippen LogP contribution in [-0.2, 0) is 0 Å². The van der Waals surface area contributed by atoms with Gasteiger partial charge in [0, 0.05) is 5.92 Å². The zero-order valence-electron chi connectivity index (χ0n) is 8.38. The molecule has 0 amide bonds. The summed E-state index contributed by atoms with van der Waals surface area (Å²) in [4.78, 5) is 0. The maximum absolute atomic E-state index is 9.08. The molecule has 0 spiro atoms. The topological polar surface area (TPSA) is 40.5 Å². The monoisotopic (exact) mass is 200 g/mol. The Morgan fingerprint density at radius 1 is 1.13 bits per heavy atom. The van der Waals surface area contributed by atoms with Gasteiger partial charge in [0.1, 0.15) is 0 Å². The van der Waals surface area contributed by atoms with Crippen LogP contribution in [0.4, 0.5) is 0 Å². The van der Waals surface area contributed by atoms with E-state index in [0.29, 0.717) is 5.47 Å². The Balaban J connectivity index is 2.23. The third-order valence-corrected chi connectivity index (χ3v) is 2.62. The van der Waals surface area contributed by atoms with Gasteiger partial charge in [-0.25, -0.2) is 0 Å². The highest BCUT2D eigenvalue weighted by atomic mass is 16.4. The molecule has 0 fully saturated rings. The van der Waals surface area contributed by atoms with Crippen LogP contribution in [0.2, 0.25) is 0 Å². The zero-order chi connectivity index (χ0) is 10.7. The molecule has 1 atom stereocenters. The first-order chi connectivity index (χ1) is 7.27. The van der Waals surface area contributed by atoms with Crippen LogP contribution in [0.1, 0.15) is 17.9 Å². The van der Waals surface area contributed by atoms with Gasteiger partial charge in [-0.15, -0.1) is 0 Å². The summed E-state index contributed by atoms with van der Waals surface area (Å²) in [6.07, 6.45) is 6.58. The summed E-state index contributed by atoms with van der Waals surface area (Å²) < 4.78 is 0. The molecule has 2 rings (SSSR count). The second kappa shape index (κ2) is 4.47. The molecule has 2 nitrogen and oxygen atoms in total. The fourth-order valence-corrected chi connectivity index (χ4v) is 1.81. The molecule has 15 heavy (non-hydrogen) atoms. The van der Waals surface area contributed by atoms with Crippen molar-refractivity contribution in [2.45, 2.75) is 12.3 Å². The lowest BCUT2D eigenvalue weighted by molar-refractivity contribution is 0.420. The summed E-state index contributed by atoms with van der Waals surface area (Å²) in [5, 5.41) is 18.2. The van der Waals surface area contributed by atoms with Gasteiger partial charge in [-0.3, -0.25) is 0 Å². The molecular formula is C12H13BO2. The van der Waals surface area contributed by atoms with Gasteiger partial charge in [0.15, 0.2) is 0 Å². The molecule has 1 aromatic rings. The minimum absolute atomic E-state index is 0.257. The Labute approximate surface area is 89.7 Å². The Bertz CT molecular complexity index is 382. The summed E-state index contributed by atoms with van der Waals surface area (Å²) >= 11 is 0. The standard InChI is InChI=1S/C12H13BO2/c14-13(15)12-8-4-7-11(9-12)10-5-2-1-3-6-10/h1-6,8-9,11,14-15H,7H2. The first kappa shape index (κ1) is 10.2. The first-order valence-electron chi connectivity index (χ1n) is 5.06. The van der Waals surface area contributed by atoms with E-state index in [-0.39, 0.29) is 5.92 Å². The first-order valence-corrected chi connectivity index (χ1v) is 5.06. The van der Waals surface area contributed by atoms with Gasteiger partial charge in [0.25, 0.3) is 0 Å². The van der Waals surface area contributed by atoms with Crippen molar-refractivity contribution in [2.24, 2.45) is 0 Å². The summed E-state index contributed by atoms with van der Waals surface area (Å²) in [6, 6.07) is 10.1. The van der Waals surface area contributed by atoms with Gasteiger partial charge in [-0.1, -0.05) is 48.6 Å². The second-order valence-electron chi connectivity index (χ2n) is 3.70. The van der Waals surface area contributed by atoms with Gasteiger partial charge in [0.05, 0.1) is 0 Å². The third-order valence-electron chi connectivity index (χ3n) is 2.62. The number of benzene rings is 1. The van der Waals surface area contributed by atoms with Crippen LogP contribution in [0.3, 0.4) is 0 Å². The minimum atomic E-state index is -1.37. The zero-order valence-corrected chi connectivity index (χ0v) is 8.38. The second-order valence-corrected chi connectivity index (χ2v) is 3.70. The Hall–Kier alpha value is -1.32. The molecular weight excluding hydrogens is 187 g/mol. The normalized spacial score (nSPS) is 19.9. The van der Waals surface area contributed by atoms with Gasteiger partial charge in [0.2, 0.25) is 0 Å². The van der Waals surface area contributed by atoms with Crippen molar-refractivity contribution in [2.75, 3.05) is 0 Å². The lowest BCUT2D eigenvalue weighted by Gasteiger charge is -2.16. The van der Waals surface area contributed by atoms with Crippen LogP contribution in [0.5, 0.6) is 0 Å². The predicted octanol–water partition coefficient (Wildman–Crippen LogP) is 1.67. The molecule has 0 saturated carbocycles. The van der Waals surface area contributed by atoms with E-state index in [1.807, 2.05) is 30.4 Å². The lowest BCUT2D eigenvalue weighted by Crippen LogP contribution is -2.16. The maximum atomic E-state index is 9.08. The number of rotatable bonds is 2. The molecule has 0 radical (unpaired) electrons. The SMILES string of the molecule is OB(O)C1=CC(c2ccccc2)CC=C1. The number of allylic oxidation sites excluding steroid dienone is 4. The van der Waals surface area contributed by atoms with Crippen molar-refractivity contribution in [3.63, 3.8) is 0 Å². The molecule has 0 aliphatic heterocycles. The Kier molecular flexibility index (Phi) is 3.04. The van der Waals surface area contributed by atoms with Crippen LogP contribution < -0.4 is 0 Å². The quantitative estimate of drug-likeness (QED) is 0.712. The van der Waals surface area contributed by atoms with Crippen LogP contribution >= 0.6 is 0 Å². The Morgan fingerprint density at radius 3 is 2.53 bits per heavy atom. The van der Waals surface area contributed by atoms with E-state index in [0.717, 1.165) is 6.42 Å². The van der Waals surface area contributed by atoms with Crippen molar-refractivity contribution in [3.05, 3.63) is 59.6 Å². The van der Waals surface area contributed by atoms with Crippen LogP contribution in [0.25, 0.3) is 0 Å². The molecule has 1 aliphatic rings. The largest absolute Gasteiger partial charge is 0.488 e. The van der Waals surface area contributed by atoms with E-state index in [9.17, 15) is 0 Å². The molecule has 0 bridgehead atoms. The fourth-order valence-electron chi connectivity index (χ4n) is 1.81. The van der Waals surface area contributed by atoms with Crippen molar-refractivity contribution in [1.29, 1.82) is 0 Å². The summed E-state index contributed by atoms with van der Waals surface area (Å²) in [6.45, 7) is 0. The molecule has 0 aromatic heterocycles. The van der Waals surface area contributed by atoms with Gasteiger partial charge >= 0.3 is 7.12 Å². The van der Waals surface area contributed by atoms with E-state index in [1.165, 1.54) is 5.56 Å². The smallest absolute Gasteiger partial charge is 0.423 e. The Morgan fingerprint density at radius 2 is 1.87 bits per heavy atom. The van der Waals surface area contributed by atoms with E-state index in [2.05, 4.69) is 12.1 Å². The minimum Gasteiger partial charge on any atom is -0.423 e. The summed E-state index contributed by atoms with van der Waals surface area (Å²) in [5.41, 5.74) is 1.79. The molecule has 1 unspecified atom stereocenters. The van der Waals surface area contributed by atoms with Crippen LogP contribution in [0, 0.1) is 0 Å². The van der Waals surface area contributed by atoms with E-state index >= 15 is 0 Å². The van der Waals surface area contributed by atoms with E-state index in [4.69, 9.17) is 10.0 Å². The lowest BCUT2D eigenvalue weighted by atomic mass is 9.73. The molecule has 0 saturated heterocycles. The average Bonchev–Trinajstić information content (AvgIpc) is 2.30. The van der Waals surface area contributed by atoms with Crippen LogP contribution in [0.15, 0.2) is 54.0 Å². The average molecular weight is 200 g/mol. The molecule has 0 heterocycles.